The number of hydrogen-bond acceptors (Lipinski definition) is 12. The highest BCUT2D eigenvalue weighted by Gasteiger charge is 2.65. The minimum absolute atomic E-state index is 0.0962. The average molecular weight is 930 g/mol. The first-order valence-corrected chi connectivity index (χ1v) is 25.8. The van der Waals surface area contributed by atoms with E-state index in [2.05, 4.69) is 30.5 Å². The maximum absolute atomic E-state index is 15.0. The van der Waals surface area contributed by atoms with Gasteiger partial charge in [-0.25, -0.2) is 4.79 Å². The molecule has 1 saturated heterocycles. The maximum Gasteiger partial charge on any atom is 0.410 e. The Morgan fingerprint density at radius 1 is 0.881 bits per heavy atom. The molecule has 2 aromatic carbocycles. The van der Waals surface area contributed by atoms with Crippen molar-refractivity contribution in [3.63, 3.8) is 0 Å². The van der Waals surface area contributed by atoms with Crippen molar-refractivity contribution in [3.05, 3.63) is 71.8 Å². The van der Waals surface area contributed by atoms with Gasteiger partial charge in [-0.3, -0.25) is 9.80 Å². The van der Waals surface area contributed by atoms with E-state index in [1.165, 1.54) is 44.9 Å². The molecule has 370 valence electrons. The van der Waals surface area contributed by atoms with Crippen LogP contribution in [-0.2, 0) is 20.9 Å². The van der Waals surface area contributed by atoms with Gasteiger partial charge in [0.15, 0.2) is 11.5 Å². The van der Waals surface area contributed by atoms with Crippen LogP contribution in [0.2, 0.25) is 0 Å². The Labute approximate surface area is 399 Å². The molecule has 2 aromatic rings. The number of aliphatic hydroxyl groups excluding tert-OH is 2. The van der Waals surface area contributed by atoms with Gasteiger partial charge in [0, 0.05) is 57.3 Å². The van der Waals surface area contributed by atoms with Crippen LogP contribution in [0, 0.1) is 17.8 Å². The summed E-state index contributed by atoms with van der Waals surface area (Å²) in [6, 6.07) is 11.2. The number of carbonyl (C=O) groups is 1. The van der Waals surface area contributed by atoms with Crippen LogP contribution in [0.15, 0.2) is 65.9 Å². The van der Waals surface area contributed by atoms with Gasteiger partial charge >= 0.3 is 6.09 Å². The Bertz CT molecular complexity index is 1940. The second-order valence-electron chi connectivity index (χ2n) is 19.0. The van der Waals surface area contributed by atoms with E-state index >= 15 is 4.79 Å². The molecule has 5 aliphatic rings. The van der Waals surface area contributed by atoms with Crippen molar-refractivity contribution in [1.82, 2.24) is 9.80 Å². The summed E-state index contributed by atoms with van der Waals surface area (Å²) in [4.78, 5) is 25.1. The fraction of sp³-hybridized carbons (Fsp3) is 0.667. The Kier molecular flexibility index (Phi) is 19.5. The Balaban J connectivity index is 1.29. The smallest absolute Gasteiger partial charge is 0.410 e. The van der Waals surface area contributed by atoms with E-state index in [-0.39, 0.29) is 57.3 Å². The van der Waals surface area contributed by atoms with Crippen LogP contribution in [0.25, 0.3) is 0 Å². The van der Waals surface area contributed by atoms with Crippen molar-refractivity contribution >= 4 is 11.8 Å². The maximum atomic E-state index is 15.0. The average Bonchev–Trinajstić information content (AvgIpc) is 4.05. The van der Waals surface area contributed by atoms with Crippen molar-refractivity contribution in [3.8, 4) is 23.0 Å². The zero-order chi connectivity index (χ0) is 46.9. The molecule has 0 bridgehead atoms. The molecule has 6 atom stereocenters. The van der Waals surface area contributed by atoms with E-state index in [1.807, 2.05) is 37.3 Å². The summed E-state index contributed by atoms with van der Waals surface area (Å²) in [6.07, 6.45) is 20.5. The van der Waals surface area contributed by atoms with Gasteiger partial charge < -0.3 is 43.5 Å². The van der Waals surface area contributed by atoms with E-state index in [9.17, 15) is 10.2 Å². The molecule has 0 radical (unpaired) electrons. The van der Waals surface area contributed by atoms with Gasteiger partial charge in [0.25, 0.3) is 0 Å². The quantitative estimate of drug-likeness (QED) is 0.0323. The lowest BCUT2D eigenvalue weighted by Gasteiger charge is -2.59. The number of fused-ring (bicyclic) bond motifs is 3. The summed E-state index contributed by atoms with van der Waals surface area (Å²) in [7, 11) is 0. The van der Waals surface area contributed by atoms with E-state index in [0.29, 0.717) is 49.9 Å². The van der Waals surface area contributed by atoms with Crippen molar-refractivity contribution in [2.24, 2.45) is 22.9 Å². The minimum atomic E-state index is -1.41. The highest BCUT2D eigenvalue weighted by Crippen LogP contribution is 2.62. The summed E-state index contributed by atoms with van der Waals surface area (Å²) in [6.45, 7) is 13.3. The van der Waals surface area contributed by atoms with Crippen molar-refractivity contribution in [2.75, 3.05) is 66.1 Å². The summed E-state index contributed by atoms with van der Waals surface area (Å²) >= 11 is 0. The number of rotatable bonds is 31. The van der Waals surface area contributed by atoms with Crippen molar-refractivity contribution in [1.29, 1.82) is 0 Å². The molecule has 2 fully saturated rings. The van der Waals surface area contributed by atoms with Crippen LogP contribution in [0.3, 0.4) is 0 Å². The van der Waals surface area contributed by atoms with Crippen LogP contribution in [0.4, 0.5) is 4.79 Å². The summed E-state index contributed by atoms with van der Waals surface area (Å²) < 4.78 is 38.9. The minimum Gasteiger partial charge on any atom is -0.492 e. The predicted molar refractivity (Wildman–Crippen MR) is 260 cm³/mol. The molecule has 6 unspecified atom stereocenters. The van der Waals surface area contributed by atoms with Crippen LogP contribution < -0.4 is 18.9 Å². The third-order valence-corrected chi connectivity index (χ3v) is 14.3. The first-order valence-electron chi connectivity index (χ1n) is 25.8. The molecule has 2 N–H and O–H groups in total. The lowest BCUT2D eigenvalue weighted by Crippen LogP contribution is -2.70. The second kappa shape index (κ2) is 25.9. The number of unbranched alkanes of at least 4 members (excludes halogenated alkanes) is 11. The van der Waals surface area contributed by atoms with Gasteiger partial charge in [0.05, 0.1) is 24.8 Å². The number of hydrogen-bond donors (Lipinski definition) is 2. The van der Waals surface area contributed by atoms with Gasteiger partial charge in [-0.2, -0.15) is 0 Å². The standard InChI is InChI=1S/C54H79N3O10/c1-4-7-8-9-10-11-12-13-14-19-32-62-53(60)57(38-40-22-24-48-49(34-40)64-39-63-48)50-37-46(55-66-6-3)44-35-41(20-15-17-29-58)43(21-16-18-30-59)51-45-36-42(61-33-28-56-26-27-56)23-25-47(45)67-54(50,52(44)51)65-31-5-2/h5,22-25,34-36,41,43,50-52,58-59H,2,4,6-21,26-33,37-39H2,1,3H3. The van der Waals surface area contributed by atoms with Crippen LogP contribution in [0.1, 0.15) is 140 Å². The number of amides is 1. The van der Waals surface area contributed by atoms with Crippen molar-refractivity contribution in [2.45, 2.75) is 147 Å². The molecule has 13 heteroatoms. The highest BCUT2D eigenvalue weighted by molar-refractivity contribution is 6.03. The van der Waals surface area contributed by atoms with Gasteiger partial charge in [0.2, 0.25) is 12.6 Å². The number of nitrogens with zero attached hydrogens (tertiary/aromatic N) is 3. The Morgan fingerprint density at radius 2 is 1.61 bits per heavy atom. The van der Waals surface area contributed by atoms with E-state index in [1.54, 1.807) is 11.0 Å². The molecule has 3 heterocycles. The molecule has 0 aromatic heterocycles. The zero-order valence-electron chi connectivity index (χ0n) is 40.5. The molecule has 7 rings (SSSR count). The normalized spacial score (nSPS) is 24.0. The van der Waals surface area contributed by atoms with Gasteiger partial charge in [-0.15, -0.1) is 6.58 Å². The van der Waals surface area contributed by atoms with Gasteiger partial charge in [-0.1, -0.05) is 101 Å². The molecule has 13 nitrogen and oxygen atoms in total. The van der Waals surface area contributed by atoms with Gasteiger partial charge in [-0.05, 0) is 92.3 Å². The molecule has 67 heavy (non-hydrogen) atoms. The van der Waals surface area contributed by atoms with E-state index in [4.69, 9.17) is 38.4 Å². The molecule has 1 amide bonds. The molecule has 2 aliphatic carbocycles. The summed E-state index contributed by atoms with van der Waals surface area (Å²) in [5.41, 5.74) is 3.61. The number of allylic oxidation sites excluding steroid dienone is 1. The third-order valence-electron chi connectivity index (χ3n) is 14.3. The zero-order valence-corrected chi connectivity index (χ0v) is 40.5. The number of aliphatic hydroxyl groups is 2. The van der Waals surface area contributed by atoms with Gasteiger partial charge in [0.1, 0.15) is 30.8 Å². The lowest BCUT2D eigenvalue weighted by molar-refractivity contribution is -0.256. The molecule has 0 spiro atoms. The third kappa shape index (κ3) is 13.1. The monoisotopic (exact) mass is 930 g/mol. The van der Waals surface area contributed by atoms with E-state index < -0.39 is 23.8 Å². The lowest BCUT2D eigenvalue weighted by atomic mass is 9.55. The SMILES string of the molecule is C=CCOC12Oc3ccc(OCCN4CC4)cc3C3C(CCCCO)C(CCCCO)C=C(C(=NOCC)CC1N(Cc1ccc4c(c1)OCO4)C(=O)OCCCCCCCCCCCC)C32. The van der Waals surface area contributed by atoms with Crippen LogP contribution in [0.5, 0.6) is 23.0 Å². The Hall–Kier alpha value is -4.30. The van der Waals surface area contributed by atoms with Crippen LogP contribution in [-0.4, -0.2) is 110 Å². The largest absolute Gasteiger partial charge is 0.492 e. The second-order valence-corrected chi connectivity index (χ2v) is 19.0. The number of benzene rings is 2. The highest BCUT2D eigenvalue weighted by atomic mass is 16.7. The molecule has 1 saturated carbocycles. The fourth-order valence-electron chi connectivity index (χ4n) is 10.8. The molecular formula is C54H79N3O10. The fourth-order valence-corrected chi connectivity index (χ4v) is 10.8. The van der Waals surface area contributed by atoms with Crippen molar-refractivity contribution < 1.29 is 48.3 Å². The van der Waals surface area contributed by atoms with E-state index in [0.717, 1.165) is 92.7 Å². The predicted octanol–water partition coefficient (Wildman–Crippen LogP) is 10.3. The summed E-state index contributed by atoms with van der Waals surface area (Å²) in [5.74, 6) is 0.956. The number of carbonyl (C=O) groups excluding carboxylic acids is 1. The Morgan fingerprint density at radius 3 is 2.34 bits per heavy atom. The topological polar surface area (TPSA) is 141 Å². The molecular weight excluding hydrogens is 851 g/mol. The number of oxime groups is 1. The summed E-state index contributed by atoms with van der Waals surface area (Å²) in [5, 5.41) is 24.8. The number of ether oxygens (including phenoxy) is 6. The molecule has 3 aliphatic heterocycles. The van der Waals surface area contributed by atoms with Crippen LogP contribution >= 0.6 is 0 Å². The first-order chi connectivity index (χ1) is 32.9. The first kappa shape index (κ1) is 50.6.